The number of rotatable bonds is 2. The summed E-state index contributed by atoms with van der Waals surface area (Å²) in [5.74, 6) is 0. The van der Waals surface area contributed by atoms with Crippen LogP contribution in [0.1, 0.15) is 50.4 Å². The summed E-state index contributed by atoms with van der Waals surface area (Å²) in [4.78, 5) is 7.33. The number of nitrogens with one attached hydrogen (secondary N) is 1. The lowest BCUT2D eigenvalue weighted by Crippen LogP contribution is -2.50. The Morgan fingerprint density at radius 1 is 1.35 bits per heavy atom. The van der Waals surface area contributed by atoms with Gasteiger partial charge < -0.3 is 5.32 Å². The standard InChI is InChI=1S/C17H27N3/c1-14-6-5-7-16(19-14)12-20-13-17(9-3-4-10-17)18-11-8-15(20)2/h5-7,15,18H,3-4,8-13H2,1-2H3. The fourth-order valence-corrected chi connectivity index (χ4v) is 3.82. The van der Waals surface area contributed by atoms with E-state index < -0.39 is 0 Å². The van der Waals surface area contributed by atoms with Gasteiger partial charge in [-0.15, -0.1) is 0 Å². The molecule has 110 valence electrons. The van der Waals surface area contributed by atoms with E-state index in [-0.39, 0.29) is 0 Å². The SMILES string of the molecule is Cc1cccc(CN2CC3(CCCC3)NCCC2C)n1. The highest BCUT2D eigenvalue weighted by molar-refractivity contribution is 5.10. The number of nitrogens with zero attached hydrogens (tertiary/aromatic N) is 2. The molecule has 3 nitrogen and oxygen atoms in total. The molecular weight excluding hydrogens is 246 g/mol. The molecule has 0 bridgehead atoms. The largest absolute Gasteiger partial charge is 0.310 e. The van der Waals surface area contributed by atoms with Crippen molar-refractivity contribution in [3.05, 3.63) is 29.6 Å². The zero-order chi connectivity index (χ0) is 14.0. The van der Waals surface area contributed by atoms with E-state index in [9.17, 15) is 0 Å². The highest BCUT2D eigenvalue weighted by atomic mass is 15.2. The fourth-order valence-electron chi connectivity index (χ4n) is 3.82. The van der Waals surface area contributed by atoms with Gasteiger partial charge in [0.25, 0.3) is 0 Å². The molecule has 1 aromatic heterocycles. The molecule has 1 spiro atoms. The molecule has 2 aliphatic rings. The molecule has 2 heterocycles. The molecule has 1 unspecified atom stereocenters. The Bertz CT molecular complexity index is 451. The second-order valence-electron chi connectivity index (χ2n) is 6.73. The quantitative estimate of drug-likeness (QED) is 0.898. The summed E-state index contributed by atoms with van der Waals surface area (Å²) < 4.78 is 0. The van der Waals surface area contributed by atoms with E-state index in [1.165, 1.54) is 50.9 Å². The van der Waals surface area contributed by atoms with Crippen LogP contribution in [0.2, 0.25) is 0 Å². The van der Waals surface area contributed by atoms with E-state index >= 15 is 0 Å². The van der Waals surface area contributed by atoms with E-state index in [0.717, 1.165) is 12.2 Å². The van der Waals surface area contributed by atoms with E-state index in [4.69, 9.17) is 0 Å². The summed E-state index contributed by atoms with van der Waals surface area (Å²) in [5, 5.41) is 3.85. The maximum Gasteiger partial charge on any atom is 0.0547 e. The molecule has 0 radical (unpaired) electrons. The summed E-state index contributed by atoms with van der Waals surface area (Å²) in [5.41, 5.74) is 2.72. The maximum atomic E-state index is 4.69. The average Bonchev–Trinajstić information content (AvgIpc) is 2.80. The zero-order valence-corrected chi connectivity index (χ0v) is 12.9. The summed E-state index contributed by atoms with van der Waals surface area (Å²) in [7, 11) is 0. The minimum atomic E-state index is 0.384. The normalized spacial score (nSPS) is 26.8. The van der Waals surface area contributed by atoms with Crippen molar-refractivity contribution in [1.82, 2.24) is 15.2 Å². The molecule has 1 aliphatic heterocycles. The Kier molecular flexibility index (Phi) is 4.08. The van der Waals surface area contributed by atoms with Crippen LogP contribution in [0.3, 0.4) is 0 Å². The van der Waals surface area contributed by atoms with Crippen LogP contribution in [0.4, 0.5) is 0 Å². The number of aryl methyl sites for hydroxylation is 1. The first-order chi connectivity index (χ1) is 9.67. The smallest absolute Gasteiger partial charge is 0.0547 e. The van der Waals surface area contributed by atoms with Crippen LogP contribution in [0.15, 0.2) is 18.2 Å². The van der Waals surface area contributed by atoms with Gasteiger partial charge in [0, 0.05) is 30.4 Å². The van der Waals surface area contributed by atoms with Gasteiger partial charge in [-0.05, 0) is 51.8 Å². The topological polar surface area (TPSA) is 28.2 Å². The van der Waals surface area contributed by atoms with Crippen molar-refractivity contribution in [2.75, 3.05) is 13.1 Å². The highest BCUT2D eigenvalue weighted by Gasteiger charge is 2.38. The molecule has 0 aromatic carbocycles. The minimum Gasteiger partial charge on any atom is -0.310 e. The van der Waals surface area contributed by atoms with Crippen LogP contribution in [-0.4, -0.2) is 34.6 Å². The Balaban J connectivity index is 1.75. The van der Waals surface area contributed by atoms with E-state index in [1.807, 2.05) is 0 Å². The predicted molar refractivity (Wildman–Crippen MR) is 82.7 cm³/mol. The first-order valence-electron chi connectivity index (χ1n) is 8.09. The second kappa shape index (κ2) is 5.82. The van der Waals surface area contributed by atoms with Crippen LogP contribution in [-0.2, 0) is 6.54 Å². The third-order valence-corrected chi connectivity index (χ3v) is 5.06. The molecule has 1 aliphatic carbocycles. The van der Waals surface area contributed by atoms with E-state index in [1.54, 1.807) is 0 Å². The lowest BCUT2D eigenvalue weighted by molar-refractivity contribution is 0.158. The van der Waals surface area contributed by atoms with Crippen molar-refractivity contribution in [2.45, 2.75) is 64.1 Å². The molecule has 20 heavy (non-hydrogen) atoms. The monoisotopic (exact) mass is 273 g/mol. The van der Waals surface area contributed by atoms with Gasteiger partial charge in [-0.3, -0.25) is 9.88 Å². The number of pyridine rings is 1. The Hall–Kier alpha value is -0.930. The van der Waals surface area contributed by atoms with Crippen LogP contribution in [0.25, 0.3) is 0 Å². The van der Waals surface area contributed by atoms with Gasteiger partial charge in [0.2, 0.25) is 0 Å². The van der Waals surface area contributed by atoms with Crippen molar-refractivity contribution >= 4 is 0 Å². The third-order valence-electron chi connectivity index (χ3n) is 5.06. The van der Waals surface area contributed by atoms with Crippen LogP contribution < -0.4 is 5.32 Å². The predicted octanol–water partition coefficient (Wildman–Crippen LogP) is 2.89. The van der Waals surface area contributed by atoms with Gasteiger partial charge in [0.05, 0.1) is 5.69 Å². The maximum absolute atomic E-state index is 4.69. The average molecular weight is 273 g/mol. The van der Waals surface area contributed by atoms with Crippen molar-refractivity contribution < 1.29 is 0 Å². The number of aromatic nitrogens is 1. The van der Waals surface area contributed by atoms with Crippen molar-refractivity contribution in [2.24, 2.45) is 0 Å². The zero-order valence-electron chi connectivity index (χ0n) is 12.9. The minimum absolute atomic E-state index is 0.384. The summed E-state index contributed by atoms with van der Waals surface area (Å²) in [6.07, 6.45) is 6.71. The summed E-state index contributed by atoms with van der Waals surface area (Å²) in [6.45, 7) is 7.79. The second-order valence-corrected chi connectivity index (χ2v) is 6.73. The summed E-state index contributed by atoms with van der Waals surface area (Å²) in [6, 6.07) is 7.02. The third kappa shape index (κ3) is 3.04. The van der Waals surface area contributed by atoms with Gasteiger partial charge in [0.15, 0.2) is 0 Å². The molecule has 2 fully saturated rings. The molecule has 1 atom stereocenters. The number of hydrogen-bond donors (Lipinski definition) is 1. The molecular formula is C17H27N3. The molecule has 1 saturated carbocycles. The first kappa shape index (κ1) is 14.0. The highest BCUT2D eigenvalue weighted by Crippen LogP contribution is 2.33. The Morgan fingerprint density at radius 3 is 2.90 bits per heavy atom. The lowest BCUT2D eigenvalue weighted by atomic mass is 9.97. The van der Waals surface area contributed by atoms with Gasteiger partial charge >= 0.3 is 0 Å². The molecule has 0 amide bonds. The van der Waals surface area contributed by atoms with Gasteiger partial charge in [0.1, 0.15) is 0 Å². The Morgan fingerprint density at radius 2 is 2.15 bits per heavy atom. The molecule has 1 N–H and O–H groups in total. The van der Waals surface area contributed by atoms with Crippen LogP contribution in [0, 0.1) is 6.92 Å². The first-order valence-corrected chi connectivity index (χ1v) is 8.09. The van der Waals surface area contributed by atoms with Gasteiger partial charge in [-0.1, -0.05) is 18.9 Å². The molecule has 1 saturated heterocycles. The molecule has 3 heteroatoms. The molecule has 3 rings (SSSR count). The lowest BCUT2D eigenvalue weighted by Gasteiger charge is -2.35. The summed E-state index contributed by atoms with van der Waals surface area (Å²) >= 11 is 0. The van der Waals surface area contributed by atoms with E-state index in [0.29, 0.717) is 11.6 Å². The van der Waals surface area contributed by atoms with Gasteiger partial charge in [-0.2, -0.15) is 0 Å². The van der Waals surface area contributed by atoms with Crippen molar-refractivity contribution in [3.8, 4) is 0 Å². The van der Waals surface area contributed by atoms with Crippen molar-refractivity contribution in [1.29, 1.82) is 0 Å². The fraction of sp³-hybridized carbons (Fsp3) is 0.706. The Labute approximate surface area is 122 Å². The van der Waals surface area contributed by atoms with E-state index in [2.05, 4.69) is 47.2 Å². The number of hydrogen-bond acceptors (Lipinski definition) is 3. The van der Waals surface area contributed by atoms with Crippen LogP contribution >= 0.6 is 0 Å². The van der Waals surface area contributed by atoms with Gasteiger partial charge in [-0.25, -0.2) is 0 Å². The van der Waals surface area contributed by atoms with Crippen LogP contribution in [0.5, 0.6) is 0 Å². The molecule has 1 aromatic rings. The van der Waals surface area contributed by atoms with Crippen molar-refractivity contribution in [3.63, 3.8) is 0 Å².